The minimum Gasteiger partial charge on any atom is -0.302 e. The van der Waals surface area contributed by atoms with Gasteiger partial charge < -0.3 is 5.32 Å². The van der Waals surface area contributed by atoms with Crippen molar-refractivity contribution in [3.8, 4) is 0 Å². The van der Waals surface area contributed by atoms with Gasteiger partial charge in [0.2, 0.25) is 11.8 Å². The summed E-state index contributed by atoms with van der Waals surface area (Å²) in [5, 5.41) is 2.81. The number of hydrogen-bond acceptors (Lipinski definition) is 4. The molecular formula is C22H23N3O2S. The fraction of sp³-hybridized carbons (Fsp3) is 0.273. The molecule has 6 heteroatoms. The number of unbranched alkanes of at least 4 members (excludes halogenated alkanes) is 1. The summed E-state index contributed by atoms with van der Waals surface area (Å²) >= 11 is 5.17. The Bertz CT molecular complexity index is 828. The molecule has 0 bridgehead atoms. The highest BCUT2D eigenvalue weighted by atomic mass is 32.1. The van der Waals surface area contributed by atoms with Crippen LogP contribution in [0.1, 0.15) is 36.9 Å². The molecule has 1 aliphatic heterocycles. The largest absolute Gasteiger partial charge is 0.302 e. The van der Waals surface area contributed by atoms with E-state index in [2.05, 4.69) is 10.3 Å². The van der Waals surface area contributed by atoms with Gasteiger partial charge in [-0.05, 0) is 29.8 Å². The summed E-state index contributed by atoms with van der Waals surface area (Å²) in [6.45, 7) is 2.54. The molecule has 1 heterocycles. The maximum absolute atomic E-state index is 12.8. The normalized spacial score (nSPS) is 17.4. The van der Waals surface area contributed by atoms with Crippen LogP contribution in [0.5, 0.6) is 0 Å². The summed E-state index contributed by atoms with van der Waals surface area (Å²) in [6.07, 6.45) is 3.22. The average molecular weight is 394 g/mol. The third-order valence-corrected chi connectivity index (χ3v) is 4.96. The van der Waals surface area contributed by atoms with E-state index < -0.39 is 11.8 Å². The van der Waals surface area contributed by atoms with Crippen molar-refractivity contribution in [2.45, 2.75) is 25.8 Å². The molecule has 1 N–H and O–H groups in total. The van der Waals surface area contributed by atoms with Crippen molar-refractivity contribution in [1.82, 2.24) is 10.2 Å². The second-order valence-electron chi connectivity index (χ2n) is 6.64. The summed E-state index contributed by atoms with van der Waals surface area (Å²) in [4.78, 5) is 31.3. The highest BCUT2D eigenvalue weighted by Gasteiger charge is 2.37. The first-order chi connectivity index (χ1) is 13.6. The van der Waals surface area contributed by atoms with Crippen LogP contribution in [0.2, 0.25) is 0 Å². The van der Waals surface area contributed by atoms with E-state index in [0.29, 0.717) is 6.54 Å². The number of aliphatic imine (C=N–C) groups is 1. The summed E-state index contributed by atoms with van der Waals surface area (Å²) in [7, 11) is 0. The van der Waals surface area contributed by atoms with Gasteiger partial charge in [0, 0.05) is 12.8 Å². The molecule has 0 saturated carbocycles. The van der Waals surface area contributed by atoms with Crippen molar-refractivity contribution in [3.63, 3.8) is 0 Å². The minimum absolute atomic E-state index is 0.177. The van der Waals surface area contributed by atoms with E-state index in [0.717, 1.165) is 24.0 Å². The molecule has 2 aromatic carbocycles. The zero-order valence-corrected chi connectivity index (χ0v) is 16.6. The lowest BCUT2D eigenvalue weighted by atomic mass is 9.99. The Hall–Kier alpha value is -2.86. The Kier molecular flexibility index (Phi) is 6.66. The Labute approximate surface area is 170 Å². The van der Waals surface area contributed by atoms with Gasteiger partial charge in [-0.2, -0.15) is 0 Å². The number of benzene rings is 2. The van der Waals surface area contributed by atoms with E-state index in [-0.39, 0.29) is 17.1 Å². The molecule has 5 nitrogen and oxygen atoms in total. The standard InChI is InChI=1S/C22H23N3O2S/c1-2-3-14-25-21(27)18(20(26)24-22(25)28)15-23-19(16-10-6-4-7-11-16)17-12-8-5-9-13-17/h4-13,15,18-19H,2-3,14H2,1H3,(H,24,26,28)/t18-/m0/s1. The molecule has 1 fully saturated rings. The first-order valence-corrected chi connectivity index (χ1v) is 9.82. The highest BCUT2D eigenvalue weighted by molar-refractivity contribution is 7.80. The highest BCUT2D eigenvalue weighted by Crippen LogP contribution is 2.26. The van der Waals surface area contributed by atoms with Crippen molar-refractivity contribution < 1.29 is 9.59 Å². The summed E-state index contributed by atoms with van der Waals surface area (Å²) in [6, 6.07) is 19.3. The third-order valence-electron chi connectivity index (χ3n) is 4.64. The second-order valence-corrected chi connectivity index (χ2v) is 7.02. The monoisotopic (exact) mass is 393 g/mol. The predicted molar refractivity (Wildman–Crippen MR) is 114 cm³/mol. The number of carbonyl (C=O) groups is 2. The molecule has 0 aliphatic carbocycles. The van der Waals surface area contributed by atoms with Crippen LogP contribution in [0.25, 0.3) is 0 Å². The maximum atomic E-state index is 12.8. The van der Waals surface area contributed by atoms with Gasteiger partial charge in [0.25, 0.3) is 0 Å². The summed E-state index contributed by atoms with van der Waals surface area (Å²) < 4.78 is 0. The molecule has 0 spiro atoms. The minimum atomic E-state index is -0.974. The van der Waals surface area contributed by atoms with Crippen molar-refractivity contribution in [2.75, 3.05) is 6.54 Å². The third kappa shape index (κ3) is 4.51. The molecule has 0 unspecified atom stereocenters. The van der Waals surface area contributed by atoms with Gasteiger partial charge in [-0.3, -0.25) is 19.5 Å². The SMILES string of the molecule is CCCCN1C(=O)[C@@H](C=NC(c2ccccc2)c2ccccc2)C(=O)NC1=S. The van der Waals surface area contributed by atoms with E-state index in [4.69, 9.17) is 12.2 Å². The quantitative estimate of drug-likeness (QED) is 0.445. The number of thiocarbonyl (C=S) groups is 1. The summed E-state index contributed by atoms with van der Waals surface area (Å²) in [5.41, 5.74) is 1.99. The first-order valence-electron chi connectivity index (χ1n) is 9.41. The Morgan fingerprint density at radius 2 is 1.64 bits per heavy atom. The zero-order chi connectivity index (χ0) is 19.9. The molecule has 3 rings (SSSR count). The van der Waals surface area contributed by atoms with E-state index >= 15 is 0 Å². The van der Waals surface area contributed by atoms with Crippen molar-refractivity contribution in [3.05, 3.63) is 71.8 Å². The van der Waals surface area contributed by atoms with Crippen LogP contribution in [0.3, 0.4) is 0 Å². The molecule has 2 aromatic rings. The van der Waals surface area contributed by atoms with Crippen LogP contribution in [-0.2, 0) is 9.59 Å². The molecule has 0 radical (unpaired) electrons. The van der Waals surface area contributed by atoms with Gasteiger partial charge in [0.15, 0.2) is 11.0 Å². The fourth-order valence-corrected chi connectivity index (χ4v) is 3.38. The average Bonchev–Trinajstić information content (AvgIpc) is 2.71. The molecule has 2 amide bonds. The number of hydrogen-bond donors (Lipinski definition) is 1. The van der Waals surface area contributed by atoms with Crippen LogP contribution in [0.15, 0.2) is 65.7 Å². The van der Waals surface area contributed by atoms with Gasteiger partial charge >= 0.3 is 0 Å². The van der Waals surface area contributed by atoms with Gasteiger partial charge in [-0.25, -0.2) is 0 Å². The Morgan fingerprint density at radius 1 is 1.07 bits per heavy atom. The van der Waals surface area contributed by atoms with Gasteiger partial charge in [0.1, 0.15) is 0 Å². The predicted octanol–water partition coefficient (Wildman–Crippen LogP) is 3.51. The lowest BCUT2D eigenvalue weighted by Crippen LogP contribution is -2.58. The fourth-order valence-electron chi connectivity index (χ4n) is 3.10. The van der Waals surface area contributed by atoms with E-state index in [1.54, 1.807) is 0 Å². The smallest absolute Gasteiger partial charge is 0.246 e. The van der Waals surface area contributed by atoms with Gasteiger partial charge in [-0.15, -0.1) is 0 Å². The molecule has 0 aromatic heterocycles. The Morgan fingerprint density at radius 3 is 2.18 bits per heavy atom. The van der Waals surface area contributed by atoms with Crippen LogP contribution in [-0.4, -0.2) is 34.6 Å². The van der Waals surface area contributed by atoms with Crippen molar-refractivity contribution in [1.29, 1.82) is 0 Å². The number of nitrogens with zero attached hydrogens (tertiary/aromatic N) is 2. The van der Waals surface area contributed by atoms with E-state index in [1.165, 1.54) is 11.1 Å². The summed E-state index contributed by atoms with van der Waals surface area (Å²) in [5.74, 6) is -1.71. The van der Waals surface area contributed by atoms with Crippen LogP contribution in [0, 0.1) is 5.92 Å². The first kappa shape index (κ1) is 19.9. The van der Waals surface area contributed by atoms with Crippen molar-refractivity contribution >= 4 is 35.4 Å². The molecule has 1 aliphatic rings. The topological polar surface area (TPSA) is 61.8 Å². The molecule has 144 valence electrons. The molecule has 1 saturated heterocycles. The van der Waals surface area contributed by atoms with E-state index in [1.807, 2.05) is 67.6 Å². The molecular weight excluding hydrogens is 370 g/mol. The number of nitrogens with one attached hydrogen (secondary N) is 1. The number of amides is 2. The number of carbonyl (C=O) groups excluding carboxylic acids is 2. The van der Waals surface area contributed by atoms with Gasteiger partial charge in [0.05, 0.1) is 6.04 Å². The van der Waals surface area contributed by atoms with Crippen LogP contribution < -0.4 is 5.32 Å². The Balaban J connectivity index is 1.88. The molecule has 1 atom stereocenters. The van der Waals surface area contributed by atoms with Gasteiger partial charge in [-0.1, -0.05) is 74.0 Å². The van der Waals surface area contributed by atoms with Crippen LogP contribution >= 0.6 is 12.2 Å². The number of rotatable bonds is 7. The van der Waals surface area contributed by atoms with Crippen molar-refractivity contribution in [2.24, 2.45) is 10.9 Å². The second kappa shape index (κ2) is 9.37. The molecule has 28 heavy (non-hydrogen) atoms. The van der Waals surface area contributed by atoms with Crippen LogP contribution in [0.4, 0.5) is 0 Å². The lowest BCUT2D eigenvalue weighted by Gasteiger charge is -2.31. The maximum Gasteiger partial charge on any atom is 0.246 e. The zero-order valence-electron chi connectivity index (χ0n) is 15.7. The lowest BCUT2D eigenvalue weighted by molar-refractivity contribution is -0.137. The van der Waals surface area contributed by atoms with E-state index in [9.17, 15) is 9.59 Å².